The van der Waals surface area contributed by atoms with Crippen LogP contribution in [0.3, 0.4) is 0 Å². The van der Waals surface area contributed by atoms with Crippen molar-refractivity contribution in [3.05, 3.63) is 63.0 Å². The second-order valence-electron chi connectivity index (χ2n) is 5.44. The van der Waals surface area contributed by atoms with Crippen LogP contribution < -0.4 is 5.32 Å². The SMILES string of the molecule is Cn1ncc(C(=O)O)c1C(=O)Nc1nn(Cc2ccc(Br)cc2)cc1Cl. The molecule has 0 saturated carbocycles. The number of carbonyl (C=O) groups excluding carboxylic acids is 1. The van der Waals surface area contributed by atoms with Gasteiger partial charge in [0.1, 0.15) is 16.3 Å². The fourth-order valence-electron chi connectivity index (χ4n) is 2.37. The van der Waals surface area contributed by atoms with Crippen LogP contribution in [0.2, 0.25) is 5.02 Å². The summed E-state index contributed by atoms with van der Waals surface area (Å²) in [5.41, 5.74) is 0.719. The van der Waals surface area contributed by atoms with Crippen molar-refractivity contribution in [2.24, 2.45) is 7.05 Å². The minimum atomic E-state index is -1.24. The highest BCUT2D eigenvalue weighted by molar-refractivity contribution is 9.10. The predicted molar refractivity (Wildman–Crippen MR) is 98.6 cm³/mol. The fraction of sp³-hybridized carbons (Fsp3) is 0.125. The minimum Gasteiger partial charge on any atom is -0.478 e. The Labute approximate surface area is 161 Å². The number of hydrogen-bond acceptors (Lipinski definition) is 4. The molecule has 2 heterocycles. The molecule has 0 atom stereocenters. The van der Waals surface area contributed by atoms with Crippen LogP contribution in [-0.4, -0.2) is 36.5 Å². The molecule has 3 aromatic rings. The van der Waals surface area contributed by atoms with Gasteiger partial charge in [-0.15, -0.1) is 0 Å². The topological polar surface area (TPSA) is 102 Å². The van der Waals surface area contributed by atoms with Gasteiger partial charge in [-0.05, 0) is 17.7 Å². The monoisotopic (exact) mass is 437 g/mol. The van der Waals surface area contributed by atoms with E-state index in [-0.39, 0.29) is 22.1 Å². The van der Waals surface area contributed by atoms with E-state index in [0.29, 0.717) is 6.54 Å². The summed E-state index contributed by atoms with van der Waals surface area (Å²) in [6, 6.07) is 7.71. The molecule has 1 amide bonds. The van der Waals surface area contributed by atoms with E-state index >= 15 is 0 Å². The number of nitrogens with one attached hydrogen (secondary N) is 1. The van der Waals surface area contributed by atoms with Crippen molar-refractivity contribution in [1.82, 2.24) is 19.6 Å². The number of anilines is 1. The summed E-state index contributed by atoms with van der Waals surface area (Å²) in [7, 11) is 1.48. The van der Waals surface area contributed by atoms with Crippen molar-refractivity contribution in [2.75, 3.05) is 5.32 Å². The van der Waals surface area contributed by atoms with Crippen LogP contribution in [-0.2, 0) is 13.6 Å². The number of halogens is 2. The van der Waals surface area contributed by atoms with Gasteiger partial charge in [-0.1, -0.05) is 39.7 Å². The molecule has 0 aliphatic heterocycles. The molecule has 0 saturated heterocycles. The van der Waals surface area contributed by atoms with Crippen molar-refractivity contribution >= 4 is 45.2 Å². The Morgan fingerprint density at radius 2 is 2.00 bits per heavy atom. The van der Waals surface area contributed by atoms with Crippen LogP contribution >= 0.6 is 27.5 Å². The summed E-state index contributed by atoms with van der Waals surface area (Å²) in [5, 5.41) is 20.0. The molecular weight excluding hydrogens is 426 g/mol. The second-order valence-corrected chi connectivity index (χ2v) is 6.76. The van der Waals surface area contributed by atoms with Gasteiger partial charge >= 0.3 is 5.97 Å². The van der Waals surface area contributed by atoms with E-state index in [0.717, 1.165) is 16.2 Å². The lowest BCUT2D eigenvalue weighted by molar-refractivity contribution is 0.0692. The Morgan fingerprint density at radius 3 is 2.65 bits per heavy atom. The third-order valence-electron chi connectivity index (χ3n) is 3.59. The zero-order valence-electron chi connectivity index (χ0n) is 13.5. The van der Waals surface area contributed by atoms with Crippen molar-refractivity contribution < 1.29 is 14.7 Å². The molecule has 2 aromatic heterocycles. The number of rotatable bonds is 5. The summed E-state index contributed by atoms with van der Waals surface area (Å²) in [6.07, 6.45) is 2.70. The normalized spacial score (nSPS) is 10.7. The van der Waals surface area contributed by atoms with Gasteiger partial charge in [0.05, 0.1) is 12.7 Å². The van der Waals surface area contributed by atoms with E-state index in [1.54, 1.807) is 10.9 Å². The number of aryl methyl sites for hydroxylation is 1. The van der Waals surface area contributed by atoms with Crippen LogP contribution in [0.4, 0.5) is 5.82 Å². The molecule has 0 fully saturated rings. The summed E-state index contributed by atoms with van der Waals surface area (Å²) in [5.74, 6) is -1.75. The molecule has 0 radical (unpaired) electrons. The van der Waals surface area contributed by atoms with Crippen LogP contribution in [0.25, 0.3) is 0 Å². The highest BCUT2D eigenvalue weighted by Crippen LogP contribution is 2.22. The fourth-order valence-corrected chi connectivity index (χ4v) is 2.83. The number of amides is 1. The average Bonchev–Trinajstić information content (AvgIpc) is 3.13. The largest absolute Gasteiger partial charge is 0.478 e. The summed E-state index contributed by atoms with van der Waals surface area (Å²) in [6.45, 7) is 0.467. The molecule has 0 aliphatic carbocycles. The quantitative estimate of drug-likeness (QED) is 0.637. The van der Waals surface area contributed by atoms with E-state index in [1.807, 2.05) is 24.3 Å². The summed E-state index contributed by atoms with van der Waals surface area (Å²) >= 11 is 9.51. The highest BCUT2D eigenvalue weighted by atomic mass is 79.9. The molecule has 8 nitrogen and oxygen atoms in total. The first-order valence-corrected chi connectivity index (χ1v) is 8.56. The zero-order chi connectivity index (χ0) is 18.8. The van der Waals surface area contributed by atoms with Gasteiger partial charge in [-0.25, -0.2) is 4.79 Å². The number of nitrogens with zero attached hydrogens (tertiary/aromatic N) is 4. The maximum absolute atomic E-state index is 12.4. The molecule has 10 heteroatoms. The average molecular weight is 439 g/mol. The van der Waals surface area contributed by atoms with Crippen molar-refractivity contribution in [3.8, 4) is 0 Å². The van der Waals surface area contributed by atoms with E-state index < -0.39 is 11.9 Å². The van der Waals surface area contributed by atoms with Crippen LogP contribution in [0, 0.1) is 0 Å². The first-order chi connectivity index (χ1) is 12.3. The maximum atomic E-state index is 12.4. The second kappa shape index (κ2) is 7.30. The van der Waals surface area contributed by atoms with Crippen LogP contribution in [0.5, 0.6) is 0 Å². The van der Waals surface area contributed by atoms with Crippen molar-refractivity contribution in [3.63, 3.8) is 0 Å². The number of carboxylic acids is 1. The Kier molecular flexibility index (Phi) is 5.10. The van der Waals surface area contributed by atoms with E-state index in [4.69, 9.17) is 16.7 Å². The van der Waals surface area contributed by atoms with Gasteiger partial charge < -0.3 is 10.4 Å². The number of aromatic carboxylic acids is 1. The molecule has 0 bridgehead atoms. The molecule has 134 valence electrons. The zero-order valence-corrected chi connectivity index (χ0v) is 15.8. The number of hydrogen-bond donors (Lipinski definition) is 2. The third kappa shape index (κ3) is 3.78. The molecule has 2 N–H and O–H groups in total. The van der Waals surface area contributed by atoms with Gasteiger partial charge in [0.2, 0.25) is 0 Å². The summed E-state index contributed by atoms with van der Waals surface area (Å²) in [4.78, 5) is 23.6. The van der Waals surface area contributed by atoms with Crippen molar-refractivity contribution in [2.45, 2.75) is 6.54 Å². The molecule has 3 rings (SSSR count). The molecule has 0 aliphatic rings. The number of carboxylic acid groups (broad SMARTS) is 1. The Bertz CT molecular complexity index is 980. The maximum Gasteiger partial charge on any atom is 0.339 e. The van der Waals surface area contributed by atoms with E-state index in [1.165, 1.54) is 11.7 Å². The van der Waals surface area contributed by atoms with Crippen molar-refractivity contribution in [1.29, 1.82) is 0 Å². The molecule has 0 unspecified atom stereocenters. The Hall–Kier alpha value is -2.65. The first kappa shape index (κ1) is 18.2. The number of benzene rings is 1. The third-order valence-corrected chi connectivity index (χ3v) is 4.40. The molecule has 26 heavy (non-hydrogen) atoms. The first-order valence-electron chi connectivity index (χ1n) is 7.39. The lowest BCUT2D eigenvalue weighted by Gasteiger charge is -2.05. The number of aromatic nitrogens is 4. The van der Waals surface area contributed by atoms with Crippen LogP contribution in [0.1, 0.15) is 26.4 Å². The lowest BCUT2D eigenvalue weighted by atomic mass is 10.2. The van der Waals surface area contributed by atoms with Gasteiger partial charge in [-0.3, -0.25) is 14.2 Å². The molecule has 1 aromatic carbocycles. The van der Waals surface area contributed by atoms with Gasteiger partial charge in [-0.2, -0.15) is 10.2 Å². The molecular formula is C16H13BrClN5O3. The van der Waals surface area contributed by atoms with Gasteiger partial charge in [0.25, 0.3) is 5.91 Å². The lowest BCUT2D eigenvalue weighted by Crippen LogP contribution is -2.20. The molecule has 0 spiro atoms. The standard InChI is InChI=1S/C16H13BrClN5O3/c1-22-13(11(6-19-22)16(25)26)15(24)20-14-12(18)8-23(21-14)7-9-2-4-10(17)5-3-9/h2-6,8H,7H2,1H3,(H,25,26)(H,20,21,24). The van der Waals surface area contributed by atoms with E-state index in [2.05, 4.69) is 31.4 Å². The van der Waals surface area contributed by atoms with Gasteiger partial charge in [0, 0.05) is 17.7 Å². The predicted octanol–water partition coefficient (Wildman–Crippen LogP) is 3.03. The van der Waals surface area contributed by atoms with E-state index in [9.17, 15) is 9.59 Å². The van der Waals surface area contributed by atoms with Crippen LogP contribution in [0.15, 0.2) is 41.1 Å². The van der Waals surface area contributed by atoms with Gasteiger partial charge in [0.15, 0.2) is 5.82 Å². The number of carbonyl (C=O) groups is 2. The summed E-state index contributed by atoms with van der Waals surface area (Å²) < 4.78 is 3.74. The Morgan fingerprint density at radius 1 is 1.31 bits per heavy atom. The Balaban J connectivity index is 1.79. The highest BCUT2D eigenvalue weighted by Gasteiger charge is 2.23. The smallest absolute Gasteiger partial charge is 0.339 e. The minimum absolute atomic E-state index is 0.0870.